The Kier molecular flexibility index (Phi) is 6.98. The number of esters is 1. The molecular weight excluding hydrogens is 454 g/mol. The van der Waals surface area contributed by atoms with E-state index in [4.69, 9.17) is 4.74 Å². The number of anilines is 1. The summed E-state index contributed by atoms with van der Waals surface area (Å²) in [5, 5.41) is 10.5. The summed E-state index contributed by atoms with van der Waals surface area (Å²) in [6.07, 6.45) is 0.174. The maximum Gasteiger partial charge on any atom is 0.319 e. The maximum absolute atomic E-state index is 12.5. The highest BCUT2D eigenvalue weighted by Crippen LogP contribution is 2.26. The maximum atomic E-state index is 12.5. The van der Waals surface area contributed by atoms with Crippen LogP contribution in [0.3, 0.4) is 0 Å². The largest absolute Gasteiger partial charge is 0.466 e. The van der Waals surface area contributed by atoms with Crippen molar-refractivity contribution in [3.05, 3.63) is 81.8 Å². The number of hydrogen-bond donors (Lipinski definition) is 2. The summed E-state index contributed by atoms with van der Waals surface area (Å²) < 4.78 is 6.20. The minimum absolute atomic E-state index is 0.0795. The first-order valence-corrected chi connectivity index (χ1v) is 11.5. The first-order chi connectivity index (χ1) is 16.4. The number of nitrogens with zero attached hydrogens (tertiary/aromatic N) is 3. The molecule has 0 fully saturated rings. The summed E-state index contributed by atoms with van der Waals surface area (Å²) in [5.41, 5.74) is 3.49. The first kappa shape index (κ1) is 23.1. The molecule has 34 heavy (non-hydrogen) atoms. The molecule has 2 amide bonds. The van der Waals surface area contributed by atoms with Gasteiger partial charge in [-0.25, -0.2) is 9.78 Å². The second-order valence-corrected chi connectivity index (χ2v) is 8.44. The van der Waals surface area contributed by atoms with Crippen molar-refractivity contribution >= 4 is 34.0 Å². The Morgan fingerprint density at radius 3 is 2.62 bits per heavy atom. The lowest BCUT2D eigenvalue weighted by atomic mass is 10.1. The number of nitrogens with one attached hydrogen (secondary N) is 2. The summed E-state index contributed by atoms with van der Waals surface area (Å²) in [4.78, 5) is 41.3. The second kappa shape index (κ2) is 10.3. The lowest BCUT2D eigenvalue weighted by Gasteiger charge is -2.08. The third-order valence-electron chi connectivity index (χ3n) is 4.97. The monoisotopic (exact) mass is 477 g/mol. The van der Waals surface area contributed by atoms with E-state index in [2.05, 4.69) is 20.7 Å². The van der Waals surface area contributed by atoms with Crippen LogP contribution in [0.2, 0.25) is 0 Å². The van der Waals surface area contributed by atoms with Crippen molar-refractivity contribution in [2.24, 2.45) is 0 Å². The summed E-state index contributed by atoms with van der Waals surface area (Å²) in [5.74, 6) is -0.298. The lowest BCUT2D eigenvalue weighted by molar-refractivity contribution is -0.142. The summed E-state index contributed by atoms with van der Waals surface area (Å²) in [6, 6.07) is 15.6. The average Bonchev–Trinajstić information content (AvgIpc) is 3.24. The smallest absolute Gasteiger partial charge is 0.319 e. The van der Waals surface area contributed by atoms with Crippen LogP contribution in [0.25, 0.3) is 15.5 Å². The van der Waals surface area contributed by atoms with Crippen LogP contribution in [0.1, 0.15) is 23.7 Å². The number of rotatable bonds is 7. The molecule has 9 nitrogen and oxygen atoms in total. The molecule has 0 aliphatic carbocycles. The van der Waals surface area contributed by atoms with Gasteiger partial charge in [-0.1, -0.05) is 47.7 Å². The highest BCUT2D eigenvalue weighted by Gasteiger charge is 2.13. The van der Waals surface area contributed by atoms with E-state index in [1.807, 2.05) is 31.2 Å². The number of carbonyl (C=O) groups is 2. The minimum atomic E-state index is -0.440. The van der Waals surface area contributed by atoms with Gasteiger partial charge in [-0.3, -0.25) is 9.59 Å². The number of hydrogen-bond acceptors (Lipinski definition) is 7. The van der Waals surface area contributed by atoms with Crippen molar-refractivity contribution in [2.45, 2.75) is 26.8 Å². The molecule has 0 atom stereocenters. The van der Waals surface area contributed by atoms with Crippen molar-refractivity contribution in [3.8, 4) is 10.6 Å². The lowest BCUT2D eigenvalue weighted by Crippen LogP contribution is -2.29. The predicted octanol–water partition coefficient (Wildman–Crippen LogP) is 3.55. The Balaban J connectivity index is 1.39. The third kappa shape index (κ3) is 5.46. The molecule has 0 aliphatic rings. The van der Waals surface area contributed by atoms with E-state index in [9.17, 15) is 14.4 Å². The number of aryl methyl sites for hydroxylation is 1. The number of aromatic nitrogens is 3. The summed E-state index contributed by atoms with van der Waals surface area (Å²) in [7, 11) is 0. The molecule has 2 N–H and O–H groups in total. The molecule has 0 radical (unpaired) electrons. The Morgan fingerprint density at radius 2 is 1.88 bits per heavy atom. The fourth-order valence-electron chi connectivity index (χ4n) is 3.30. The zero-order chi connectivity index (χ0) is 24.1. The molecule has 0 saturated heterocycles. The van der Waals surface area contributed by atoms with Gasteiger partial charge in [-0.15, -0.1) is 0 Å². The van der Waals surface area contributed by atoms with Gasteiger partial charge >= 0.3 is 12.0 Å². The third-order valence-corrected chi connectivity index (χ3v) is 5.91. The van der Waals surface area contributed by atoms with E-state index >= 15 is 0 Å². The molecule has 0 saturated carbocycles. The number of amides is 2. The Bertz CT molecular complexity index is 1390. The van der Waals surface area contributed by atoms with Crippen molar-refractivity contribution < 1.29 is 14.3 Å². The molecule has 0 unspecified atom stereocenters. The van der Waals surface area contributed by atoms with Crippen molar-refractivity contribution in [2.75, 3.05) is 11.9 Å². The molecule has 174 valence electrons. The SMILES string of the molecule is CCOC(=O)Cc1ccc(NC(=O)NCc2cc(=O)n3nc(-c4ccccc4C)sc3n2)cc1. The zero-order valence-electron chi connectivity index (χ0n) is 18.7. The molecule has 2 heterocycles. The number of carbonyl (C=O) groups excluding carboxylic acids is 2. The highest BCUT2D eigenvalue weighted by atomic mass is 32.1. The van der Waals surface area contributed by atoms with Crippen LogP contribution < -0.4 is 16.2 Å². The normalized spacial score (nSPS) is 10.8. The summed E-state index contributed by atoms with van der Waals surface area (Å²) in [6.45, 7) is 4.16. The topological polar surface area (TPSA) is 115 Å². The van der Waals surface area contributed by atoms with E-state index in [1.54, 1.807) is 31.2 Å². The van der Waals surface area contributed by atoms with Gasteiger partial charge < -0.3 is 15.4 Å². The number of benzene rings is 2. The zero-order valence-corrected chi connectivity index (χ0v) is 19.5. The quantitative estimate of drug-likeness (QED) is 0.394. The van der Waals surface area contributed by atoms with E-state index in [0.717, 1.165) is 16.7 Å². The van der Waals surface area contributed by atoms with Crippen LogP contribution in [0.4, 0.5) is 10.5 Å². The van der Waals surface area contributed by atoms with Gasteiger partial charge in [0.2, 0.25) is 4.96 Å². The number of fused-ring (bicyclic) bond motifs is 1. The Hall–Kier alpha value is -4.05. The van der Waals surface area contributed by atoms with Gasteiger partial charge in [0.25, 0.3) is 5.56 Å². The van der Waals surface area contributed by atoms with Crippen molar-refractivity contribution in [1.29, 1.82) is 0 Å². The van der Waals surface area contributed by atoms with Crippen molar-refractivity contribution in [1.82, 2.24) is 19.9 Å². The van der Waals surface area contributed by atoms with E-state index in [-0.39, 0.29) is 24.5 Å². The molecular formula is C24H23N5O4S. The molecule has 0 bridgehead atoms. The molecule has 0 spiro atoms. The molecule has 2 aromatic carbocycles. The number of urea groups is 1. The van der Waals surface area contributed by atoms with E-state index in [1.165, 1.54) is 21.9 Å². The van der Waals surface area contributed by atoms with Gasteiger partial charge in [-0.05, 0) is 37.1 Å². The van der Waals surface area contributed by atoms with E-state index < -0.39 is 6.03 Å². The van der Waals surface area contributed by atoms with Crippen LogP contribution in [-0.4, -0.2) is 33.2 Å². The fraction of sp³-hybridized carbons (Fsp3) is 0.208. The van der Waals surface area contributed by atoms with Crippen LogP contribution in [0.5, 0.6) is 0 Å². The van der Waals surface area contributed by atoms with E-state index in [0.29, 0.717) is 28.0 Å². The van der Waals surface area contributed by atoms with Crippen LogP contribution in [-0.2, 0) is 22.5 Å². The van der Waals surface area contributed by atoms with Gasteiger partial charge in [-0.2, -0.15) is 9.61 Å². The van der Waals surface area contributed by atoms with Crippen LogP contribution in [0, 0.1) is 6.92 Å². The Labute approximate surface area is 199 Å². The number of ether oxygens (including phenoxy) is 1. The Morgan fingerprint density at radius 1 is 1.12 bits per heavy atom. The second-order valence-electron chi connectivity index (χ2n) is 7.49. The molecule has 0 aliphatic heterocycles. The summed E-state index contributed by atoms with van der Waals surface area (Å²) >= 11 is 1.32. The highest BCUT2D eigenvalue weighted by molar-refractivity contribution is 7.19. The first-order valence-electron chi connectivity index (χ1n) is 10.7. The standard InChI is InChI=1S/C24H23N5O4S/c1-3-33-21(31)12-16-8-10-17(11-9-16)26-23(32)25-14-18-13-20(30)29-24(27-18)34-22(28-29)19-7-5-4-6-15(19)2/h4-11,13H,3,12,14H2,1-2H3,(H2,25,26,32). The molecule has 2 aromatic heterocycles. The molecule has 10 heteroatoms. The molecule has 4 aromatic rings. The van der Waals surface area contributed by atoms with Gasteiger partial charge in [0.1, 0.15) is 5.01 Å². The van der Waals surface area contributed by atoms with Crippen LogP contribution in [0.15, 0.2) is 59.4 Å². The average molecular weight is 478 g/mol. The van der Waals surface area contributed by atoms with Crippen LogP contribution >= 0.6 is 11.3 Å². The van der Waals surface area contributed by atoms with Gasteiger partial charge in [0.05, 0.1) is 25.3 Å². The van der Waals surface area contributed by atoms with Gasteiger partial charge in [0.15, 0.2) is 0 Å². The minimum Gasteiger partial charge on any atom is -0.466 e. The fourth-order valence-corrected chi connectivity index (χ4v) is 4.31. The molecule has 4 rings (SSSR count). The van der Waals surface area contributed by atoms with Gasteiger partial charge in [0, 0.05) is 17.3 Å². The predicted molar refractivity (Wildman–Crippen MR) is 130 cm³/mol. The van der Waals surface area contributed by atoms with Crippen molar-refractivity contribution in [3.63, 3.8) is 0 Å².